The van der Waals surface area contributed by atoms with Gasteiger partial charge in [0.2, 0.25) is 0 Å². The van der Waals surface area contributed by atoms with Crippen LogP contribution in [0.15, 0.2) is 68.9 Å². The Morgan fingerprint density at radius 1 is 1.08 bits per heavy atom. The van der Waals surface area contributed by atoms with Gasteiger partial charge in [0.1, 0.15) is 11.6 Å². The first kappa shape index (κ1) is 19.5. The molecule has 0 atom stereocenters. The summed E-state index contributed by atoms with van der Waals surface area (Å²) in [5.74, 6) is 0.660. The van der Waals surface area contributed by atoms with E-state index in [2.05, 4.69) is 33.0 Å². The molecule has 26 heavy (non-hydrogen) atoms. The molecule has 1 aliphatic rings. The monoisotopic (exact) mass is 435 g/mol. The highest BCUT2D eigenvalue weighted by molar-refractivity contribution is 9.10. The van der Waals surface area contributed by atoms with E-state index in [9.17, 15) is 4.39 Å². The van der Waals surface area contributed by atoms with E-state index in [1.54, 1.807) is 12.1 Å². The molecule has 1 heterocycles. The smallest absolute Gasteiger partial charge is 0.137 e. The van der Waals surface area contributed by atoms with Crippen LogP contribution in [0.2, 0.25) is 0 Å². The summed E-state index contributed by atoms with van der Waals surface area (Å²) in [4.78, 5) is 4.08. The van der Waals surface area contributed by atoms with Crippen LogP contribution in [0.5, 0.6) is 5.75 Å². The van der Waals surface area contributed by atoms with E-state index in [0.29, 0.717) is 4.90 Å². The normalized spacial score (nSPS) is 14.5. The van der Waals surface area contributed by atoms with Crippen molar-refractivity contribution in [2.45, 2.75) is 29.1 Å². The number of ether oxygens (including phenoxy) is 1. The average molecular weight is 436 g/mol. The minimum Gasteiger partial charge on any atom is -0.494 e. The van der Waals surface area contributed by atoms with Crippen molar-refractivity contribution in [2.75, 3.05) is 26.2 Å². The molecule has 0 spiro atoms. The summed E-state index contributed by atoms with van der Waals surface area (Å²) < 4.78 is 20.5. The molecule has 0 radical (unpaired) electrons. The molecule has 0 amide bonds. The van der Waals surface area contributed by atoms with E-state index in [1.165, 1.54) is 30.8 Å². The topological polar surface area (TPSA) is 12.5 Å². The summed E-state index contributed by atoms with van der Waals surface area (Å²) in [6, 6.07) is 12.8. The van der Waals surface area contributed by atoms with Gasteiger partial charge < -0.3 is 4.74 Å². The standard InChI is InChI=1S/C21H23BrFNOS/c22-17-6-11-20(23)21(16-17)26-19-9-7-18(8-10-19)25-15-5-4-14-24-12-2-1-3-13-24/h1-2,6-11,16H,3-5,12-15H2. The molecule has 0 unspecified atom stereocenters. The second-order valence-corrected chi connectivity index (χ2v) is 8.30. The van der Waals surface area contributed by atoms with Gasteiger partial charge in [0.05, 0.1) is 6.61 Å². The molecule has 0 N–H and O–H groups in total. The Bertz CT molecular complexity index is 735. The molecule has 1 aliphatic heterocycles. The van der Waals surface area contributed by atoms with Crippen molar-refractivity contribution in [3.63, 3.8) is 0 Å². The lowest BCUT2D eigenvalue weighted by molar-refractivity contribution is 0.264. The van der Waals surface area contributed by atoms with E-state index < -0.39 is 0 Å². The maximum atomic E-state index is 13.8. The number of nitrogens with zero attached hydrogens (tertiary/aromatic N) is 1. The van der Waals surface area contributed by atoms with Gasteiger partial charge in [-0.25, -0.2) is 4.39 Å². The molecule has 0 aliphatic carbocycles. The van der Waals surface area contributed by atoms with Crippen molar-refractivity contribution in [1.29, 1.82) is 0 Å². The Balaban J connectivity index is 1.40. The number of hydrogen-bond donors (Lipinski definition) is 0. The van der Waals surface area contributed by atoms with Crippen molar-refractivity contribution in [3.8, 4) is 5.75 Å². The Morgan fingerprint density at radius 2 is 1.92 bits per heavy atom. The number of unbranched alkanes of at least 4 members (excludes halogenated alkanes) is 1. The summed E-state index contributed by atoms with van der Waals surface area (Å²) in [5.41, 5.74) is 0. The van der Waals surface area contributed by atoms with E-state index in [4.69, 9.17) is 4.74 Å². The average Bonchev–Trinajstić information content (AvgIpc) is 2.66. The van der Waals surface area contributed by atoms with Crippen LogP contribution in [0.1, 0.15) is 19.3 Å². The van der Waals surface area contributed by atoms with Crippen LogP contribution in [-0.4, -0.2) is 31.1 Å². The van der Waals surface area contributed by atoms with Crippen molar-refractivity contribution < 1.29 is 9.13 Å². The molecule has 2 nitrogen and oxygen atoms in total. The molecule has 0 saturated heterocycles. The number of benzene rings is 2. The fourth-order valence-electron chi connectivity index (χ4n) is 2.81. The van der Waals surface area contributed by atoms with Gasteiger partial charge in [0, 0.05) is 27.4 Å². The predicted molar refractivity (Wildman–Crippen MR) is 110 cm³/mol. The minimum atomic E-state index is -0.206. The van der Waals surface area contributed by atoms with Crippen LogP contribution in [0.4, 0.5) is 4.39 Å². The van der Waals surface area contributed by atoms with Gasteiger partial charge in [0.15, 0.2) is 0 Å². The number of hydrogen-bond acceptors (Lipinski definition) is 3. The lowest BCUT2D eigenvalue weighted by Crippen LogP contribution is -2.28. The summed E-state index contributed by atoms with van der Waals surface area (Å²) in [5, 5.41) is 0. The third-order valence-corrected chi connectivity index (χ3v) is 5.76. The molecule has 2 aromatic rings. The minimum absolute atomic E-state index is 0.206. The summed E-state index contributed by atoms with van der Waals surface area (Å²) >= 11 is 4.79. The molecular weight excluding hydrogens is 413 g/mol. The maximum Gasteiger partial charge on any atom is 0.137 e. The van der Waals surface area contributed by atoms with Crippen LogP contribution < -0.4 is 4.74 Å². The van der Waals surface area contributed by atoms with Crippen LogP contribution in [0.25, 0.3) is 0 Å². The Morgan fingerprint density at radius 3 is 2.69 bits per heavy atom. The first-order valence-corrected chi connectivity index (χ1v) is 10.5. The van der Waals surface area contributed by atoms with Gasteiger partial charge in [-0.15, -0.1) is 0 Å². The fraction of sp³-hybridized carbons (Fsp3) is 0.333. The zero-order chi connectivity index (χ0) is 18.2. The fourth-order valence-corrected chi connectivity index (χ4v) is 4.20. The second-order valence-electron chi connectivity index (χ2n) is 6.26. The van der Waals surface area contributed by atoms with Gasteiger partial charge >= 0.3 is 0 Å². The van der Waals surface area contributed by atoms with E-state index in [1.807, 2.05) is 24.3 Å². The molecule has 0 bridgehead atoms. The molecule has 5 heteroatoms. The first-order chi connectivity index (χ1) is 12.7. The highest BCUT2D eigenvalue weighted by Gasteiger charge is 2.06. The summed E-state index contributed by atoms with van der Waals surface area (Å²) in [6.07, 6.45) is 7.89. The van der Waals surface area contributed by atoms with Crippen molar-refractivity contribution in [3.05, 3.63) is 64.9 Å². The summed E-state index contributed by atoms with van der Waals surface area (Å²) in [6.45, 7) is 4.13. The van der Waals surface area contributed by atoms with Crippen molar-refractivity contribution >= 4 is 27.7 Å². The highest BCUT2D eigenvalue weighted by Crippen LogP contribution is 2.32. The van der Waals surface area contributed by atoms with Gasteiger partial charge in [-0.05, 0) is 68.3 Å². The van der Waals surface area contributed by atoms with E-state index in [0.717, 1.165) is 47.7 Å². The molecule has 138 valence electrons. The lowest BCUT2D eigenvalue weighted by atomic mass is 10.2. The molecule has 0 aromatic heterocycles. The van der Waals surface area contributed by atoms with Crippen molar-refractivity contribution in [1.82, 2.24) is 4.90 Å². The van der Waals surface area contributed by atoms with Crippen LogP contribution in [0.3, 0.4) is 0 Å². The zero-order valence-corrected chi connectivity index (χ0v) is 17.1. The van der Waals surface area contributed by atoms with Crippen molar-refractivity contribution in [2.24, 2.45) is 0 Å². The first-order valence-electron chi connectivity index (χ1n) is 8.94. The molecule has 2 aromatic carbocycles. The zero-order valence-electron chi connectivity index (χ0n) is 14.7. The van der Waals surface area contributed by atoms with Crippen LogP contribution >= 0.6 is 27.7 Å². The molecule has 0 fully saturated rings. The summed E-state index contributed by atoms with van der Waals surface area (Å²) in [7, 11) is 0. The van der Waals surface area contributed by atoms with Gasteiger partial charge in [-0.3, -0.25) is 4.90 Å². The lowest BCUT2D eigenvalue weighted by Gasteiger charge is -2.22. The van der Waals surface area contributed by atoms with Crippen LogP contribution in [-0.2, 0) is 0 Å². The molecule has 0 saturated carbocycles. The Hall–Kier alpha value is -1.30. The molecular formula is C21H23BrFNOS. The number of rotatable bonds is 8. The third kappa shape index (κ3) is 6.15. The second kappa shape index (κ2) is 10.1. The molecule has 3 rings (SSSR count). The van der Waals surface area contributed by atoms with E-state index in [-0.39, 0.29) is 5.82 Å². The highest BCUT2D eigenvalue weighted by atomic mass is 79.9. The predicted octanol–water partition coefficient (Wildman–Crippen LogP) is 6.16. The maximum absolute atomic E-state index is 13.8. The third-order valence-electron chi connectivity index (χ3n) is 4.22. The SMILES string of the molecule is Fc1ccc(Br)cc1Sc1ccc(OCCCCN2CC=CCC2)cc1. The Labute approximate surface area is 167 Å². The van der Waals surface area contributed by atoms with Gasteiger partial charge in [-0.2, -0.15) is 0 Å². The Kier molecular flexibility index (Phi) is 7.59. The van der Waals surface area contributed by atoms with E-state index >= 15 is 0 Å². The van der Waals surface area contributed by atoms with Gasteiger partial charge in [-0.1, -0.05) is 39.8 Å². The largest absolute Gasteiger partial charge is 0.494 e. The quantitative estimate of drug-likeness (QED) is 0.363. The van der Waals surface area contributed by atoms with Gasteiger partial charge in [0.25, 0.3) is 0 Å². The number of halogens is 2. The van der Waals surface area contributed by atoms with Crippen LogP contribution in [0, 0.1) is 5.82 Å².